The van der Waals surface area contributed by atoms with Crippen molar-refractivity contribution in [3.05, 3.63) is 33.1 Å². The zero-order valence-electron chi connectivity index (χ0n) is 11.4. The minimum Gasteiger partial charge on any atom is -0.388 e. The van der Waals surface area contributed by atoms with Crippen LogP contribution in [-0.4, -0.2) is 50.1 Å². The summed E-state index contributed by atoms with van der Waals surface area (Å²) in [7, 11) is -3.56. The van der Waals surface area contributed by atoms with Crippen LogP contribution in [0.4, 0.5) is 0 Å². The van der Waals surface area contributed by atoms with Gasteiger partial charge in [0.05, 0.1) is 0 Å². The maximum Gasteiger partial charge on any atom is 0.469 e. The number of H-pyrrole nitrogens is 1. The summed E-state index contributed by atoms with van der Waals surface area (Å²) in [5.74, 6) is -1.64. The van der Waals surface area contributed by atoms with Crippen LogP contribution in [0.1, 0.15) is 12.6 Å². The molecule has 12 heteroatoms. The van der Waals surface area contributed by atoms with E-state index in [0.29, 0.717) is 0 Å². The summed E-state index contributed by atoms with van der Waals surface area (Å²) in [4.78, 5) is 42.2. The highest BCUT2D eigenvalue weighted by atomic mass is 31.2. The van der Waals surface area contributed by atoms with E-state index in [1.54, 1.807) is 0 Å². The standard InChI is InChI=1S/C10H15N2O9P/c1-19-10(5-20-22(16,17)18)4-6(13)8(21-10)12-3-2-7(14)11-9(12)15/h2-3,6,8,13H,4-5H2,1H3,(H,11,14,15)(H2,16,17,18). The van der Waals surface area contributed by atoms with Crippen molar-refractivity contribution in [3.8, 4) is 0 Å². The number of nitrogens with zero attached hydrogens (tertiary/aromatic N) is 1. The first-order chi connectivity index (χ1) is 10.2. The van der Waals surface area contributed by atoms with Gasteiger partial charge < -0.3 is 24.4 Å². The van der Waals surface area contributed by atoms with Crippen molar-refractivity contribution >= 4 is 7.82 Å². The molecule has 2 rings (SSSR count). The van der Waals surface area contributed by atoms with Crippen LogP contribution in [0.2, 0.25) is 0 Å². The van der Waals surface area contributed by atoms with Crippen LogP contribution in [0.3, 0.4) is 0 Å². The van der Waals surface area contributed by atoms with Crippen LogP contribution in [-0.2, 0) is 18.6 Å². The van der Waals surface area contributed by atoms with Crippen molar-refractivity contribution in [1.29, 1.82) is 0 Å². The van der Waals surface area contributed by atoms with Gasteiger partial charge in [0.2, 0.25) is 0 Å². The molecule has 1 aliphatic heterocycles. The smallest absolute Gasteiger partial charge is 0.388 e. The first kappa shape index (κ1) is 17.0. The fourth-order valence-electron chi connectivity index (χ4n) is 2.10. The molecule has 124 valence electrons. The molecule has 0 amide bonds. The Morgan fingerprint density at radius 2 is 2.23 bits per heavy atom. The second kappa shape index (κ2) is 6.05. The Hall–Kier alpha value is -1.33. The Balaban J connectivity index is 2.24. The third kappa shape index (κ3) is 3.70. The van der Waals surface area contributed by atoms with Gasteiger partial charge in [-0.2, -0.15) is 0 Å². The quantitative estimate of drug-likeness (QED) is 0.457. The van der Waals surface area contributed by atoms with Crippen molar-refractivity contribution in [2.45, 2.75) is 24.5 Å². The number of rotatable bonds is 5. The van der Waals surface area contributed by atoms with Crippen molar-refractivity contribution in [3.63, 3.8) is 0 Å². The summed E-state index contributed by atoms with van der Waals surface area (Å²) in [5.41, 5.74) is -1.42. The SMILES string of the molecule is COC1(COP(=O)(O)O)CC(O)C(n2ccc(=O)[nH]c2=O)O1. The van der Waals surface area contributed by atoms with Crippen LogP contribution in [0.15, 0.2) is 21.9 Å². The molecule has 0 saturated carbocycles. The molecular formula is C10H15N2O9P. The maximum atomic E-state index is 11.7. The second-order valence-corrected chi connectivity index (χ2v) is 5.92. The number of nitrogens with one attached hydrogen (secondary N) is 1. The summed E-state index contributed by atoms with van der Waals surface area (Å²) >= 11 is 0. The lowest BCUT2D eigenvalue weighted by Crippen LogP contribution is -2.38. The molecule has 1 aromatic rings. The van der Waals surface area contributed by atoms with Gasteiger partial charge in [0.1, 0.15) is 12.7 Å². The largest absolute Gasteiger partial charge is 0.469 e. The molecule has 1 saturated heterocycles. The van der Waals surface area contributed by atoms with Gasteiger partial charge >= 0.3 is 13.5 Å². The van der Waals surface area contributed by atoms with Crippen molar-refractivity contribution in [1.82, 2.24) is 9.55 Å². The third-order valence-electron chi connectivity index (χ3n) is 3.13. The van der Waals surface area contributed by atoms with E-state index in [1.165, 1.54) is 7.11 Å². The van der Waals surface area contributed by atoms with Gasteiger partial charge in [-0.3, -0.25) is 18.9 Å². The van der Waals surface area contributed by atoms with Gasteiger partial charge in [0, 0.05) is 25.8 Å². The van der Waals surface area contributed by atoms with Gasteiger partial charge in [0.25, 0.3) is 5.56 Å². The summed E-state index contributed by atoms with van der Waals surface area (Å²) in [6.07, 6.45) is -1.49. The number of phosphoric ester groups is 1. The fourth-order valence-corrected chi connectivity index (χ4v) is 2.47. The first-order valence-corrected chi connectivity index (χ1v) is 7.61. The summed E-state index contributed by atoms with van der Waals surface area (Å²) in [6.45, 7) is -0.653. The van der Waals surface area contributed by atoms with E-state index in [0.717, 1.165) is 16.8 Å². The molecule has 0 aromatic carbocycles. The molecule has 3 atom stereocenters. The van der Waals surface area contributed by atoms with E-state index in [9.17, 15) is 19.3 Å². The van der Waals surface area contributed by atoms with E-state index in [-0.39, 0.29) is 6.42 Å². The number of aromatic nitrogens is 2. The Bertz CT molecular complexity index is 694. The van der Waals surface area contributed by atoms with Crippen molar-refractivity contribution in [2.24, 2.45) is 0 Å². The van der Waals surface area contributed by atoms with Crippen LogP contribution in [0.25, 0.3) is 0 Å². The van der Waals surface area contributed by atoms with E-state index in [2.05, 4.69) is 4.52 Å². The van der Waals surface area contributed by atoms with Crippen LogP contribution < -0.4 is 11.2 Å². The second-order valence-electron chi connectivity index (χ2n) is 4.68. The van der Waals surface area contributed by atoms with E-state index in [1.807, 2.05) is 4.98 Å². The van der Waals surface area contributed by atoms with Gasteiger partial charge in [-0.05, 0) is 0 Å². The van der Waals surface area contributed by atoms with Crippen LogP contribution in [0, 0.1) is 0 Å². The molecule has 1 aromatic heterocycles. The van der Waals surface area contributed by atoms with E-state index < -0.39 is 43.8 Å². The highest BCUT2D eigenvalue weighted by molar-refractivity contribution is 7.46. The predicted molar refractivity (Wildman–Crippen MR) is 69.8 cm³/mol. The normalized spacial score (nSPS) is 28.9. The third-order valence-corrected chi connectivity index (χ3v) is 3.60. The first-order valence-electron chi connectivity index (χ1n) is 6.08. The molecule has 0 radical (unpaired) electrons. The van der Waals surface area contributed by atoms with Gasteiger partial charge in [0.15, 0.2) is 12.0 Å². The highest BCUT2D eigenvalue weighted by Crippen LogP contribution is 2.42. The molecule has 1 aliphatic rings. The number of aliphatic hydroxyl groups is 1. The summed E-state index contributed by atoms with van der Waals surface area (Å²) in [6, 6.07) is 1.07. The number of ether oxygens (including phenoxy) is 2. The average molecular weight is 338 g/mol. The number of hydrogen-bond acceptors (Lipinski definition) is 7. The molecular weight excluding hydrogens is 323 g/mol. The lowest BCUT2D eigenvalue weighted by atomic mass is 10.1. The Morgan fingerprint density at radius 1 is 1.55 bits per heavy atom. The molecule has 3 unspecified atom stereocenters. The molecule has 2 heterocycles. The Labute approximate surface area is 123 Å². The molecule has 4 N–H and O–H groups in total. The predicted octanol–water partition coefficient (Wildman–Crippen LogP) is -1.73. The Kier molecular flexibility index (Phi) is 4.68. The van der Waals surface area contributed by atoms with Gasteiger partial charge in [-0.15, -0.1) is 0 Å². The van der Waals surface area contributed by atoms with Gasteiger partial charge in [-0.1, -0.05) is 0 Å². The molecule has 1 fully saturated rings. The van der Waals surface area contributed by atoms with Gasteiger partial charge in [-0.25, -0.2) is 9.36 Å². The zero-order valence-corrected chi connectivity index (χ0v) is 12.3. The Morgan fingerprint density at radius 3 is 2.77 bits per heavy atom. The number of hydrogen-bond donors (Lipinski definition) is 4. The number of methoxy groups -OCH3 is 1. The number of aromatic amines is 1. The number of phosphoric acid groups is 1. The topological polar surface area (TPSA) is 160 Å². The summed E-state index contributed by atoms with van der Waals surface area (Å²) in [5, 5.41) is 10.0. The van der Waals surface area contributed by atoms with E-state index in [4.69, 9.17) is 19.3 Å². The highest BCUT2D eigenvalue weighted by Gasteiger charge is 2.49. The van der Waals surface area contributed by atoms with Crippen LogP contribution >= 0.6 is 7.82 Å². The minimum atomic E-state index is -4.76. The number of aliphatic hydroxyl groups excluding tert-OH is 1. The molecule has 0 bridgehead atoms. The molecule has 0 aliphatic carbocycles. The maximum absolute atomic E-state index is 11.7. The van der Waals surface area contributed by atoms with Crippen molar-refractivity contribution in [2.75, 3.05) is 13.7 Å². The molecule has 11 nitrogen and oxygen atoms in total. The van der Waals surface area contributed by atoms with Crippen molar-refractivity contribution < 1.29 is 33.5 Å². The average Bonchev–Trinajstić information content (AvgIpc) is 2.74. The monoisotopic (exact) mass is 338 g/mol. The van der Waals surface area contributed by atoms with E-state index >= 15 is 0 Å². The fraction of sp³-hybridized carbons (Fsp3) is 0.600. The lowest BCUT2D eigenvalue weighted by Gasteiger charge is -2.27. The molecule has 22 heavy (non-hydrogen) atoms. The lowest BCUT2D eigenvalue weighted by molar-refractivity contribution is -0.241. The zero-order chi connectivity index (χ0) is 16.5. The van der Waals surface area contributed by atoms with Crippen LogP contribution in [0.5, 0.6) is 0 Å². The molecule has 0 spiro atoms. The summed E-state index contributed by atoms with van der Waals surface area (Å²) < 4.78 is 26.5. The minimum absolute atomic E-state index is 0.195.